The Balaban J connectivity index is 1.26. The van der Waals surface area contributed by atoms with Gasteiger partial charge in [0.05, 0.1) is 13.2 Å². The number of halogens is 1. The van der Waals surface area contributed by atoms with Crippen molar-refractivity contribution in [3.63, 3.8) is 0 Å². The van der Waals surface area contributed by atoms with E-state index in [0.717, 1.165) is 71.5 Å². The fourth-order valence-corrected chi connectivity index (χ4v) is 3.95. The largest absolute Gasteiger partial charge is 0.493 e. The molecule has 28 heavy (non-hydrogen) atoms. The summed E-state index contributed by atoms with van der Waals surface area (Å²) in [4.78, 5) is 4.81. The van der Waals surface area contributed by atoms with E-state index in [-0.39, 0.29) is 12.4 Å². The van der Waals surface area contributed by atoms with Crippen molar-refractivity contribution in [1.29, 1.82) is 0 Å². The molecule has 156 valence electrons. The van der Waals surface area contributed by atoms with E-state index in [0.29, 0.717) is 18.3 Å². The zero-order chi connectivity index (χ0) is 19.6. The third kappa shape index (κ3) is 7.08. The van der Waals surface area contributed by atoms with Gasteiger partial charge in [-0.05, 0) is 49.9 Å². The van der Waals surface area contributed by atoms with Crippen molar-refractivity contribution in [2.75, 3.05) is 59.0 Å². The average Bonchev–Trinajstić information content (AvgIpc) is 2.72. The van der Waals surface area contributed by atoms with Crippen molar-refractivity contribution in [2.45, 2.75) is 25.7 Å². The first-order chi connectivity index (χ1) is 13.7. The fraction of sp³-hybridized carbons (Fsp3) is 0.636. The summed E-state index contributed by atoms with van der Waals surface area (Å²) < 4.78 is 18.9. The highest BCUT2D eigenvalue weighted by molar-refractivity contribution is 5.22. The van der Waals surface area contributed by atoms with Gasteiger partial charge in [-0.2, -0.15) is 0 Å². The van der Waals surface area contributed by atoms with Gasteiger partial charge in [-0.25, -0.2) is 4.39 Å². The van der Waals surface area contributed by atoms with Crippen LogP contribution in [0.2, 0.25) is 0 Å². The first-order valence-corrected chi connectivity index (χ1v) is 10.6. The van der Waals surface area contributed by atoms with Crippen LogP contribution in [0.5, 0.6) is 5.75 Å². The highest BCUT2D eigenvalue weighted by Crippen LogP contribution is 2.28. The summed E-state index contributed by atoms with van der Waals surface area (Å²) in [5.74, 6) is 0.931. The van der Waals surface area contributed by atoms with Gasteiger partial charge in [-0.3, -0.25) is 9.80 Å². The lowest BCUT2D eigenvalue weighted by molar-refractivity contribution is 0.114. The number of aliphatic hydroxyl groups is 1. The molecule has 1 heterocycles. The van der Waals surface area contributed by atoms with Crippen molar-refractivity contribution >= 4 is 0 Å². The van der Waals surface area contributed by atoms with E-state index in [1.807, 2.05) is 6.07 Å². The molecule has 1 saturated heterocycles. The molecular weight excluding hydrogens is 357 g/mol. The number of allylic oxidation sites excluding steroid dienone is 1. The Hall–Kier alpha value is -1.63. The molecule has 1 aromatic rings. The summed E-state index contributed by atoms with van der Waals surface area (Å²) in [5.41, 5.74) is 1.50. The van der Waals surface area contributed by atoms with Crippen LogP contribution >= 0.6 is 0 Å². The minimum atomic E-state index is -0.246. The Bertz CT molecular complexity index is 608. The summed E-state index contributed by atoms with van der Waals surface area (Å²) in [6.45, 7) is 8.07. The molecule has 2 aliphatic rings. The van der Waals surface area contributed by atoms with Gasteiger partial charge >= 0.3 is 0 Å². The molecule has 1 saturated carbocycles. The maximum atomic E-state index is 13.2. The molecule has 1 aromatic carbocycles. The Morgan fingerprint density at radius 3 is 2.50 bits per heavy atom. The van der Waals surface area contributed by atoms with Crippen LogP contribution in [0.4, 0.5) is 4.39 Å². The van der Waals surface area contributed by atoms with Gasteiger partial charge in [0.1, 0.15) is 11.6 Å². The van der Waals surface area contributed by atoms with Crippen molar-refractivity contribution in [3.05, 3.63) is 41.9 Å². The second-order valence-corrected chi connectivity index (χ2v) is 7.88. The lowest BCUT2D eigenvalue weighted by Crippen LogP contribution is -2.48. The van der Waals surface area contributed by atoms with Crippen molar-refractivity contribution in [1.82, 2.24) is 15.1 Å². The highest BCUT2D eigenvalue weighted by atomic mass is 19.1. The molecule has 2 N–H and O–H groups in total. The molecule has 0 radical (unpaired) electrons. The first kappa shape index (κ1) is 21.1. The minimum absolute atomic E-state index is 0.246. The van der Waals surface area contributed by atoms with Crippen LogP contribution in [-0.2, 0) is 0 Å². The summed E-state index contributed by atoms with van der Waals surface area (Å²) in [6.07, 6.45) is 6.71. The number of benzene rings is 1. The Morgan fingerprint density at radius 2 is 1.82 bits per heavy atom. The predicted octanol–water partition coefficient (Wildman–Crippen LogP) is 2.48. The lowest BCUT2D eigenvalue weighted by atomic mass is 9.87. The van der Waals surface area contributed by atoms with Crippen molar-refractivity contribution < 1.29 is 14.2 Å². The smallest absolute Gasteiger partial charge is 0.126 e. The summed E-state index contributed by atoms with van der Waals surface area (Å²) in [6, 6.07) is 6.39. The summed E-state index contributed by atoms with van der Waals surface area (Å²) in [7, 11) is 0. The molecule has 1 aliphatic heterocycles. The number of nitrogens with one attached hydrogen (secondary N) is 1. The number of aliphatic hydroxyl groups excluding tert-OH is 1. The molecule has 2 fully saturated rings. The van der Waals surface area contributed by atoms with E-state index in [1.54, 1.807) is 6.07 Å². The SMILES string of the molecule is OCCN1CCN(CCNC=C2CCC(COc3cccc(F)c3)CC2)CC1. The molecule has 3 rings (SSSR count). The molecule has 0 spiro atoms. The Kier molecular flexibility index (Phi) is 8.58. The number of hydrogen-bond acceptors (Lipinski definition) is 5. The van der Waals surface area contributed by atoms with E-state index in [4.69, 9.17) is 9.84 Å². The molecule has 1 aliphatic carbocycles. The monoisotopic (exact) mass is 391 g/mol. The second kappa shape index (κ2) is 11.4. The van der Waals surface area contributed by atoms with Crippen LogP contribution in [0.15, 0.2) is 36.0 Å². The van der Waals surface area contributed by atoms with Gasteiger partial charge < -0.3 is 15.2 Å². The molecule has 0 unspecified atom stereocenters. The van der Waals surface area contributed by atoms with E-state index in [9.17, 15) is 4.39 Å². The summed E-state index contributed by atoms with van der Waals surface area (Å²) in [5, 5.41) is 12.5. The van der Waals surface area contributed by atoms with Gasteiger partial charge in [-0.15, -0.1) is 0 Å². The lowest BCUT2D eigenvalue weighted by Gasteiger charge is -2.34. The van der Waals surface area contributed by atoms with E-state index in [2.05, 4.69) is 21.3 Å². The van der Waals surface area contributed by atoms with Gasteiger partial charge in [0.2, 0.25) is 0 Å². The highest BCUT2D eigenvalue weighted by Gasteiger charge is 2.18. The molecular formula is C22H34FN3O2. The van der Waals surface area contributed by atoms with E-state index >= 15 is 0 Å². The van der Waals surface area contributed by atoms with E-state index in [1.165, 1.54) is 17.7 Å². The van der Waals surface area contributed by atoms with Crippen LogP contribution in [0.25, 0.3) is 0 Å². The van der Waals surface area contributed by atoms with Gasteiger partial charge in [0, 0.05) is 51.9 Å². The van der Waals surface area contributed by atoms with Crippen molar-refractivity contribution in [2.24, 2.45) is 5.92 Å². The number of β-amino-alcohol motifs (C(OH)–C–C–N with tert-alkyl or cyclic N) is 1. The van der Waals surface area contributed by atoms with E-state index < -0.39 is 0 Å². The predicted molar refractivity (Wildman–Crippen MR) is 110 cm³/mol. The van der Waals surface area contributed by atoms with Crippen LogP contribution in [0, 0.1) is 11.7 Å². The third-order valence-electron chi connectivity index (χ3n) is 5.79. The van der Waals surface area contributed by atoms with Crippen LogP contribution in [-0.4, -0.2) is 73.9 Å². The molecule has 0 aromatic heterocycles. The first-order valence-electron chi connectivity index (χ1n) is 10.6. The quantitative estimate of drug-likeness (QED) is 0.634. The molecule has 5 nitrogen and oxygen atoms in total. The van der Waals surface area contributed by atoms with Gasteiger partial charge in [0.25, 0.3) is 0 Å². The number of ether oxygens (including phenoxy) is 1. The molecule has 0 bridgehead atoms. The molecule has 0 atom stereocenters. The normalized spacial score (nSPS) is 21.5. The molecule has 6 heteroatoms. The third-order valence-corrected chi connectivity index (χ3v) is 5.79. The minimum Gasteiger partial charge on any atom is -0.493 e. The maximum absolute atomic E-state index is 13.2. The summed E-state index contributed by atoms with van der Waals surface area (Å²) >= 11 is 0. The standard InChI is InChI=1S/C22H34FN3O2/c23-21-2-1-3-22(16-21)28-18-20-6-4-19(5-7-20)17-24-8-9-25-10-12-26(13-11-25)14-15-27/h1-3,16-17,20,24,27H,4-15,18H2. The number of rotatable bonds is 9. The number of piperazine rings is 1. The maximum Gasteiger partial charge on any atom is 0.126 e. The van der Waals surface area contributed by atoms with Crippen LogP contribution in [0.3, 0.4) is 0 Å². The average molecular weight is 392 g/mol. The Labute approximate surface area is 168 Å². The number of hydrogen-bond donors (Lipinski definition) is 2. The van der Waals surface area contributed by atoms with Crippen LogP contribution in [0.1, 0.15) is 25.7 Å². The van der Waals surface area contributed by atoms with Gasteiger partial charge in [0.15, 0.2) is 0 Å². The zero-order valence-electron chi connectivity index (χ0n) is 16.8. The molecule has 0 amide bonds. The van der Waals surface area contributed by atoms with Crippen molar-refractivity contribution in [3.8, 4) is 5.75 Å². The van der Waals surface area contributed by atoms with Gasteiger partial charge in [-0.1, -0.05) is 11.6 Å². The topological polar surface area (TPSA) is 48.0 Å². The van der Waals surface area contributed by atoms with Crippen LogP contribution < -0.4 is 10.1 Å². The fourth-order valence-electron chi connectivity index (χ4n) is 3.95. The number of nitrogens with zero attached hydrogens (tertiary/aromatic N) is 2. The zero-order valence-corrected chi connectivity index (χ0v) is 16.8. The Morgan fingerprint density at radius 1 is 1.11 bits per heavy atom. The second-order valence-electron chi connectivity index (χ2n) is 7.88.